The second kappa shape index (κ2) is 4.37. The fourth-order valence-corrected chi connectivity index (χ4v) is 2.48. The zero-order valence-corrected chi connectivity index (χ0v) is 9.20. The average molecular weight is 209 g/mol. The van der Waals surface area contributed by atoms with Gasteiger partial charge in [-0.2, -0.15) is 0 Å². The van der Waals surface area contributed by atoms with Gasteiger partial charge in [0.05, 0.1) is 18.1 Å². The first-order valence-electron chi connectivity index (χ1n) is 5.69. The molecular formula is C12H19NO2. The van der Waals surface area contributed by atoms with Crippen LogP contribution in [-0.2, 0) is 6.42 Å². The van der Waals surface area contributed by atoms with Gasteiger partial charge in [-0.05, 0) is 31.0 Å². The highest BCUT2D eigenvalue weighted by molar-refractivity contribution is 5.11. The molecule has 0 amide bonds. The van der Waals surface area contributed by atoms with Crippen LogP contribution < -0.4 is 5.32 Å². The zero-order chi connectivity index (χ0) is 10.7. The van der Waals surface area contributed by atoms with E-state index in [4.69, 9.17) is 4.42 Å². The molecule has 0 spiro atoms. The van der Waals surface area contributed by atoms with Crippen molar-refractivity contribution in [2.24, 2.45) is 5.92 Å². The first-order valence-corrected chi connectivity index (χ1v) is 5.69. The normalized spacial score (nSPS) is 31.7. The molecule has 0 bridgehead atoms. The van der Waals surface area contributed by atoms with Gasteiger partial charge in [0.15, 0.2) is 0 Å². The Labute approximate surface area is 90.5 Å². The summed E-state index contributed by atoms with van der Waals surface area (Å²) in [7, 11) is 0. The van der Waals surface area contributed by atoms with Crippen molar-refractivity contribution in [3.8, 4) is 0 Å². The molecule has 1 aliphatic rings. The third-order valence-electron chi connectivity index (χ3n) is 3.47. The molecule has 3 nitrogen and oxygen atoms in total. The van der Waals surface area contributed by atoms with E-state index in [1.54, 1.807) is 12.5 Å². The van der Waals surface area contributed by atoms with Gasteiger partial charge in [-0.3, -0.25) is 0 Å². The first kappa shape index (κ1) is 10.7. The van der Waals surface area contributed by atoms with E-state index in [1.807, 2.05) is 6.07 Å². The van der Waals surface area contributed by atoms with E-state index in [1.165, 1.54) is 0 Å². The smallest absolute Gasteiger partial charge is 0.0935 e. The van der Waals surface area contributed by atoms with Gasteiger partial charge in [-0.15, -0.1) is 0 Å². The molecule has 2 atom stereocenters. The zero-order valence-electron chi connectivity index (χ0n) is 9.20. The molecule has 0 aliphatic carbocycles. The summed E-state index contributed by atoms with van der Waals surface area (Å²) in [5, 5.41) is 14.0. The molecule has 2 rings (SSSR count). The third kappa shape index (κ3) is 2.24. The molecule has 0 saturated carbocycles. The minimum absolute atomic E-state index is 0.348. The number of rotatable bonds is 3. The fourth-order valence-electron chi connectivity index (χ4n) is 2.48. The van der Waals surface area contributed by atoms with Gasteiger partial charge in [-0.25, -0.2) is 0 Å². The number of aliphatic hydroxyl groups is 1. The van der Waals surface area contributed by atoms with Crippen molar-refractivity contribution in [3.05, 3.63) is 24.2 Å². The van der Waals surface area contributed by atoms with Crippen LogP contribution >= 0.6 is 0 Å². The summed E-state index contributed by atoms with van der Waals surface area (Å²) in [5.41, 5.74) is 0.544. The van der Waals surface area contributed by atoms with Crippen molar-refractivity contribution in [2.75, 3.05) is 13.1 Å². The lowest BCUT2D eigenvalue weighted by Gasteiger charge is -2.40. The molecule has 0 radical (unpaired) electrons. The number of piperidine rings is 1. The van der Waals surface area contributed by atoms with Crippen molar-refractivity contribution < 1.29 is 9.52 Å². The fraction of sp³-hybridized carbons (Fsp3) is 0.667. The lowest BCUT2D eigenvalue weighted by atomic mass is 9.76. The maximum absolute atomic E-state index is 10.6. The lowest BCUT2D eigenvalue weighted by molar-refractivity contribution is -0.0415. The van der Waals surface area contributed by atoms with Crippen molar-refractivity contribution in [3.63, 3.8) is 0 Å². The molecule has 15 heavy (non-hydrogen) atoms. The summed E-state index contributed by atoms with van der Waals surface area (Å²) in [6, 6.07) is 1.94. The predicted molar refractivity (Wildman–Crippen MR) is 58.6 cm³/mol. The highest BCUT2D eigenvalue weighted by Crippen LogP contribution is 2.30. The third-order valence-corrected chi connectivity index (χ3v) is 3.47. The summed E-state index contributed by atoms with van der Waals surface area (Å²) in [5.74, 6) is 0.348. The molecular weight excluding hydrogens is 190 g/mol. The summed E-state index contributed by atoms with van der Waals surface area (Å²) in [4.78, 5) is 0. The van der Waals surface area contributed by atoms with Crippen LogP contribution in [0.2, 0.25) is 0 Å². The Balaban J connectivity index is 2.09. The number of nitrogens with one attached hydrogen (secondary N) is 1. The molecule has 2 N–H and O–H groups in total. The van der Waals surface area contributed by atoms with Gasteiger partial charge in [0.25, 0.3) is 0 Å². The summed E-state index contributed by atoms with van der Waals surface area (Å²) in [6.45, 7) is 3.97. The van der Waals surface area contributed by atoms with Crippen LogP contribution in [0.4, 0.5) is 0 Å². The number of hydrogen-bond donors (Lipinski definition) is 2. The predicted octanol–water partition coefficient (Wildman–Crippen LogP) is 1.57. The largest absolute Gasteiger partial charge is 0.472 e. The van der Waals surface area contributed by atoms with Gasteiger partial charge in [0.1, 0.15) is 0 Å². The van der Waals surface area contributed by atoms with Crippen LogP contribution in [0.1, 0.15) is 25.3 Å². The molecule has 1 fully saturated rings. The molecule has 2 unspecified atom stereocenters. The van der Waals surface area contributed by atoms with E-state index in [-0.39, 0.29) is 0 Å². The molecule has 3 heteroatoms. The summed E-state index contributed by atoms with van der Waals surface area (Å²) < 4.78 is 5.04. The number of hydrogen-bond acceptors (Lipinski definition) is 3. The van der Waals surface area contributed by atoms with Crippen LogP contribution in [0.3, 0.4) is 0 Å². The highest BCUT2D eigenvalue weighted by Gasteiger charge is 2.37. The summed E-state index contributed by atoms with van der Waals surface area (Å²) in [6.07, 6.45) is 5.95. The minimum Gasteiger partial charge on any atom is -0.472 e. The van der Waals surface area contributed by atoms with Crippen LogP contribution in [-0.4, -0.2) is 23.8 Å². The molecule has 1 aromatic heterocycles. The van der Waals surface area contributed by atoms with E-state index < -0.39 is 5.60 Å². The van der Waals surface area contributed by atoms with E-state index in [0.29, 0.717) is 12.3 Å². The van der Waals surface area contributed by atoms with Gasteiger partial charge in [-0.1, -0.05) is 6.92 Å². The van der Waals surface area contributed by atoms with Gasteiger partial charge >= 0.3 is 0 Å². The summed E-state index contributed by atoms with van der Waals surface area (Å²) >= 11 is 0. The van der Waals surface area contributed by atoms with E-state index in [0.717, 1.165) is 31.5 Å². The van der Waals surface area contributed by atoms with Gasteiger partial charge < -0.3 is 14.8 Å². The van der Waals surface area contributed by atoms with Crippen LogP contribution in [0.5, 0.6) is 0 Å². The monoisotopic (exact) mass is 209 g/mol. The Hall–Kier alpha value is -0.800. The quantitative estimate of drug-likeness (QED) is 0.794. The lowest BCUT2D eigenvalue weighted by Crippen LogP contribution is -2.51. The van der Waals surface area contributed by atoms with Crippen molar-refractivity contribution in [2.45, 2.75) is 31.8 Å². The second-order valence-corrected chi connectivity index (χ2v) is 4.47. The Morgan fingerprint density at radius 1 is 1.67 bits per heavy atom. The van der Waals surface area contributed by atoms with Crippen LogP contribution in [0.15, 0.2) is 23.0 Å². The first-order chi connectivity index (χ1) is 7.24. The topological polar surface area (TPSA) is 45.4 Å². The van der Waals surface area contributed by atoms with E-state index in [2.05, 4.69) is 12.2 Å². The second-order valence-electron chi connectivity index (χ2n) is 4.47. The maximum atomic E-state index is 10.6. The molecule has 0 aromatic carbocycles. The van der Waals surface area contributed by atoms with Crippen LogP contribution in [0.25, 0.3) is 0 Å². The Bertz CT molecular complexity index is 297. The number of furan rings is 1. The van der Waals surface area contributed by atoms with Crippen molar-refractivity contribution >= 4 is 0 Å². The Kier molecular flexibility index (Phi) is 3.12. The molecule has 1 aliphatic heterocycles. The van der Waals surface area contributed by atoms with Crippen LogP contribution in [0, 0.1) is 5.92 Å². The van der Waals surface area contributed by atoms with Gasteiger partial charge in [0, 0.05) is 18.9 Å². The molecule has 1 aromatic rings. The molecule has 2 heterocycles. The maximum Gasteiger partial charge on any atom is 0.0935 e. The highest BCUT2D eigenvalue weighted by atomic mass is 16.3. The molecule has 1 saturated heterocycles. The molecule has 84 valence electrons. The van der Waals surface area contributed by atoms with Gasteiger partial charge in [0.2, 0.25) is 0 Å². The Morgan fingerprint density at radius 2 is 2.53 bits per heavy atom. The van der Waals surface area contributed by atoms with Crippen molar-refractivity contribution in [1.82, 2.24) is 5.32 Å². The standard InChI is InChI=1S/C12H19NO2/c1-2-11-8-13-5-4-12(11,14)7-10-3-6-15-9-10/h3,6,9,11,13-14H,2,4-5,7-8H2,1H3. The SMILES string of the molecule is CCC1CNCCC1(O)Cc1ccoc1. The minimum atomic E-state index is -0.552. The Morgan fingerprint density at radius 3 is 3.20 bits per heavy atom. The van der Waals surface area contributed by atoms with E-state index >= 15 is 0 Å². The average Bonchev–Trinajstić information content (AvgIpc) is 2.70. The van der Waals surface area contributed by atoms with E-state index in [9.17, 15) is 5.11 Å². The van der Waals surface area contributed by atoms with Crippen molar-refractivity contribution in [1.29, 1.82) is 0 Å².